The number of hydrogen-bond acceptors (Lipinski definition) is 4. The summed E-state index contributed by atoms with van der Waals surface area (Å²) in [6.45, 7) is 6.67. The molecule has 1 atom stereocenters. The van der Waals surface area contributed by atoms with Crippen LogP contribution in [0.3, 0.4) is 0 Å². The number of carbonyl (C=O) groups excluding carboxylic acids is 1. The minimum atomic E-state index is -0.0717. The van der Waals surface area contributed by atoms with Gasteiger partial charge in [-0.1, -0.05) is 24.3 Å². The molecule has 0 bridgehead atoms. The third-order valence-corrected chi connectivity index (χ3v) is 5.52. The van der Waals surface area contributed by atoms with Crippen molar-refractivity contribution < 1.29 is 9.53 Å². The number of ether oxygens (including phenoxy) is 1. The molecule has 0 radical (unpaired) electrons. The van der Waals surface area contributed by atoms with Gasteiger partial charge in [-0.3, -0.25) is 0 Å². The molecule has 1 saturated heterocycles. The largest absolute Gasteiger partial charge is 0.478 e. The number of piperidine rings is 1. The molecule has 0 aliphatic carbocycles. The molecule has 2 heterocycles. The first-order valence-corrected chi connectivity index (χ1v) is 10.4. The van der Waals surface area contributed by atoms with Crippen LogP contribution in [0.2, 0.25) is 0 Å². The minimum absolute atomic E-state index is 0.00739. The predicted molar refractivity (Wildman–Crippen MR) is 117 cm³/mol. The van der Waals surface area contributed by atoms with Gasteiger partial charge in [0.25, 0.3) is 0 Å². The average molecular weight is 397 g/mol. The van der Waals surface area contributed by atoms with E-state index < -0.39 is 0 Å². The second kappa shape index (κ2) is 9.63. The molecule has 3 rings (SSSR count). The van der Waals surface area contributed by atoms with Crippen LogP contribution in [-0.2, 0) is 0 Å². The van der Waals surface area contributed by atoms with Gasteiger partial charge in [0.05, 0.1) is 12.6 Å². The monoisotopic (exact) mass is 396 g/mol. The Bertz CT molecular complexity index is 799. The van der Waals surface area contributed by atoms with E-state index in [9.17, 15) is 4.79 Å². The van der Waals surface area contributed by atoms with Gasteiger partial charge in [-0.15, -0.1) is 0 Å². The van der Waals surface area contributed by atoms with Crippen LogP contribution in [0.15, 0.2) is 42.6 Å². The van der Waals surface area contributed by atoms with E-state index in [0.29, 0.717) is 18.4 Å². The number of amides is 2. The highest BCUT2D eigenvalue weighted by atomic mass is 16.5. The number of urea groups is 1. The molecule has 1 aromatic heterocycles. The third-order valence-electron chi connectivity index (χ3n) is 5.52. The molecule has 0 spiro atoms. The van der Waals surface area contributed by atoms with Gasteiger partial charge >= 0.3 is 6.03 Å². The number of hydrogen-bond donors (Lipinski definition) is 1. The number of rotatable bonds is 6. The van der Waals surface area contributed by atoms with Gasteiger partial charge in [0.1, 0.15) is 0 Å². The highest BCUT2D eigenvalue weighted by molar-refractivity contribution is 5.74. The number of carbonyl (C=O) groups is 1. The maximum atomic E-state index is 11.8. The van der Waals surface area contributed by atoms with E-state index in [1.807, 2.05) is 26.1 Å². The Hall–Kier alpha value is -2.76. The number of aromatic nitrogens is 1. The zero-order chi connectivity index (χ0) is 20.8. The third kappa shape index (κ3) is 5.40. The van der Waals surface area contributed by atoms with Crippen molar-refractivity contribution >= 4 is 11.7 Å². The Balaban J connectivity index is 1.57. The van der Waals surface area contributed by atoms with Crippen LogP contribution in [-0.4, -0.2) is 49.7 Å². The summed E-state index contributed by atoms with van der Waals surface area (Å²) in [6.07, 6.45) is 4.07. The van der Waals surface area contributed by atoms with E-state index in [4.69, 9.17) is 4.74 Å². The quantitative estimate of drug-likeness (QED) is 0.795. The lowest BCUT2D eigenvalue weighted by atomic mass is 9.88. The van der Waals surface area contributed by atoms with E-state index in [1.165, 1.54) is 11.3 Å². The highest BCUT2D eigenvalue weighted by Gasteiger charge is 2.21. The Morgan fingerprint density at radius 3 is 2.55 bits per heavy atom. The fourth-order valence-electron chi connectivity index (χ4n) is 3.75. The SMILES string of the molecule is CCOc1cc(N2CCC(c3ccc(C(C)NC(=O)N(C)C)cc3)CC2)ccn1. The molecular weight excluding hydrogens is 364 g/mol. The fraction of sp³-hybridized carbons (Fsp3) is 0.478. The van der Waals surface area contributed by atoms with Crippen LogP contribution in [0.5, 0.6) is 5.88 Å². The molecule has 1 aliphatic heterocycles. The lowest BCUT2D eigenvalue weighted by Crippen LogP contribution is -2.36. The molecule has 29 heavy (non-hydrogen) atoms. The molecule has 2 aromatic rings. The molecule has 6 nitrogen and oxygen atoms in total. The van der Waals surface area contributed by atoms with Crippen LogP contribution in [0, 0.1) is 0 Å². The predicted octanol–water partition coefficient (Wildman–Crippen LogP) is 4.20. The van der Waals surface area contributed by atoms with Crippen molar-refractivity contribution in [3.05, 3.63) is 53.7 Å². The maximum absolute atomic E-state index is 11.8. The molecule has 6 heteroatoms. The zero-order valence-electron chi connectivity index (χ0n) is 17.9. The Morgan fingerprint density at radius 1 is 1.24 bits per heavy atom. The summed E-state index contributed by atoms with van der Waals surface area (Å²) in [5.74, 6) is 1.26. The van der Waals surface area contributed by atoms with Crippen LogP contribution < -0.4 is 15.0 Å². The second-order valence-electron chi connectivity index (χ2n) is 7.78. The molecule has 1 aliphatic rings. The minimum Gasteiger partial charge on any atom is -0.478 e. The smallest absolute Gasteiger partial charge is 0.317 e. The van der Waals surface area contributed by atoms with Gasteiger partial charge in [-0.2, -0.15) is 0 Å². The molecule has 1 N–H and O–H groups in total. The van der Waals surface area contributed by atoms with Crippen molar-refractivity contribution in [3.63, 3.8) is 0 Å². The topological polar surface area (TPSA) is 57.7 Å². The van der Waals surface area contributed by atoms with Gasteiger partial charge in [0.15, 0.2) is 0 Å². The first-order valence-electron chi connectivity index (χ1n) is 10.4. The van der Waals surface area contributed by atoms with Gasteiger partial charge in [-0.25, -0.2) is 9.78 Å². The van der Waals surface area contributed by atoms with Crippen molar-refractivity contribution in [2.45, 2.75) is 38.6 Å². The first kappa shape index (κ1) is 21.0. The van der Waals surface area contributed by atoms with Gasteiger partial charge in [-0.05, 0) is 49.8 Å². The van der Waals surface area contributed by atoms with Crippen LogP contribution >= 0.6 is 0 Å². The normalized spacial score (nSPS) is 15.7. The second-order valence-corrected chi connectivity index (χ2v) is 7.78. The number of nitrogens with one attached hydrogen (secondary N) is 1. The summed E-state index contributed by atoms with van der Waals surface area (Å²) < 4.78 is 5.53. The number of nitrogens with zero attached hydrogens (tertiary/aromatic N) is 3. The summed E-state index contributed by atoms with van der Waals surface area (Å²) in [6, 6.07) is 12.7. The van der Waals surface area contributed by atoms with Crippen molar-refractivity contribution in [1.29, 1.82) is 0 Å². The molecule has 156 valence electrons. The summed E-state index contributed by atoms with van der Waals surface area (Å²) in [5.41, 5.74) is 3.69. The number of benzene rings is 1. The summed E-state index contributed by atoms with van der Waals surface area (Å²) in [5, 5.41) is 3.00. The number of anilines is 1. The molecule has 0 saturated carbocycles. The molecule has 2 amide bonds. The summed E-state index contributed by atoms with van der Waals surface area (Å²) in [7, 11) is 3.50. The van der Waals surface area contributed by atoms with Crippen molar-refractivity contribution in [3.8, 4) is 5.88 Å². The van der Waals surface area contributed by atoms with Gasteiger partial charge in [0, 0.05) is 45.1 Å². The van der Waals surface area contributed by atoms with Crippen molar-refractivity contribution in [2.24, 2.45) is 0 Å². The Kier molecular flexibility index (Phi) is 6.96. The molecular formula is C23H32N4O2. The Labute approximate surface area is 173 Å². The van der Waals surface area contributed by atoms with Gasteiger partial charge < -0.3 is 19.9 Å². The van der Waals surface area contributed by atoms with Gasteiger partial charge in [0.2, 0.25) is 5.88 Å². The molecule has 1 fully saturated rings. The average Bonchev–Trinajstić information content (AvgIpc) is 2.74. The van der Waals surface area contributed by atoms with Crippen molar-refractivity contribution in [2.75, 3.05) is 38.7 Å². The van der Waals surface area contributed by atoms with Crippen molar-refractivity contribution in [1.82, 2.24) is 15.2 Å². The summed E-state index contributed by atoms with van der Waals surface area (Å²) >= 11 is 0. The fourth-order valence-corrected chi connectivity index (χ4v) is 3.75. The van der Waals surface area contributed by atoms with E-state index in [0.717, 1.165) is 31.5 Å². The summed E-state index contributed by atoms with van der Waals surface area (Å²) in [4.78, 5) is 20.1. The van der Waals surface area contributed by atoms with E-state index in [1.54, 1.807) is 19.0 Å². The molecule has 1 aromatic carbocycles. The van der Waals surface area contributed by atoms with E-state index in [-0.39, 0.29) is 12.1 Å². The van der Waals surface area contributed by atoms with E-state index >= 15 is 0 Å². The number of pyridine rings is 1. The van der Waals surface area contributed by atoms with E-state index in [2.05, 4.69) is 45.5 Å². The molecule has 1 unspecified atom stereocenters. The zero-order valence-corrected chi connectivity index (χ0v) is 17.9. The lowest BCUT2D eigenvalue weighted by Gasteiger charge is -2.34. The lowest BCUT2D eigenvalue weighted by molar-refractivity contribution is 0.214. The van der Waals surface area contributed by atoms with Crippen LogP contribution in [0.1, 0.15) is 49.8 Å². The maximum Gasteiger partial charge on any atom is 0.317 e. The van der Waals surface area contributed by atoms with Crippen LogP contribution in [0.4, 0.5) is 10.5 Å². The van der Waals surface area contributed by atoms with Crippen LogP contribution in [0.25, 0.3) is 0 Å². The first-order chi connectivity index (χ1) is 14.0. The Morgan fingerprint density at radius 2 is 1.93 bits per heavy atom. The highest BCUT2D eigenvalue weighted by Crippen LogP contribution is 2.31. The standard InChI is InChI=1S/C23H32N4O2/c1-5-29-22-16-21(10-13-24-22)27-14-11-20(12-15-27)19-8-6-18(7-9-19)17(2)25-23(28)26(3)4/h6-10,13,16-17,20H,5,11-12,14-15H2,1-4H3,(H,25,28).